The Morgan fingerprint density at radius 3 is 2.29 bits per heavy atom. The van der Waals surface area contributed by atoms with E-state index >= 15 is 0 Å². The van der Waals surface area contributed by atoms with Crippen LogP contribution in [-0.4, -0.2) is 41.6 Å². The number of nitrogens with one attached hydrogen (secondary N) is 1. The zero-order chi connectivity index (χ0) is 16.0. The van der Waals surface area contributed by atoms with Gasteiger partial charge in [0.2, 0.25) is 5.91 Å². The van der Waals surface area contributed by atoms with E-state index in [1.54, 1.807) is 0 Å². The Morgan fingerprint density at radius 2 is 1.81 bits per heavy atom. The van der Waals surface area contributed by atoms with E-state index in [-0.39, 0.29) is 11.9 Å². The van der Waals surface area contributed by atoms with Crippen LogP contribution in [0.25, 0.3) is 0 Å². The van der Waals surface area contributed by atoms with Crippen molar-refractivity contribution < 1.29 is 9.90 Å². The maximum absolute atomic E-state index is 11.8. The van der Waals surface area contributed by atoms with Gasteiger partial charge in [0.15, 0.2) is 0 Å². The lowest BCUT2D eigenvalue weighted by Crippen LogP contribution is -2.41. The summed E-state index contributed by atoms with van der Waals surface area (Å²) in [6, 6.07) is 6.23. The predicted molar refractivity (Wildman–Crippen MR) is 86.3 cm³/mol. The summed E-state index contributed by atoms with van der Waals surface area (Å²) in [7, 11) is 0. The molecule has 0 aliphatic rings. The van der Waals surface area contributed by atoms with Crippen LogP contribution in [0.3, 0.4) is 0 Å². The third-order valence-corrected chi connectivity index (χ3v) is 3.32. The van der Waals surface area contributed by atoms with E-state index in [1.807, 2.05) is 51.7 Å². The molecular formula is C17H28N2O2. The Bertz CT molecular complexity index is 452. The van der Waals surface area contributed by atoms with Gasteiger partial charge in [-0.1, -0.05) is 36.2 Å². The highest BCUT2D eigenvalue weighted by molar-refractivity contribution is 5.78. The molecule has 4 heteroatoms. The molecule has 2 N–H and O–H groups in total. The number of aliphatic hydroxyl groups is 1. The van der Waals surface area contributed by atoms with Gasteiger partial charge in [0.05, 0.1) is 12.6 Å². The van der Waals surface area contributed by atoms with Crippen molar-refractivity contribution in [2.75, 3.05) is 19.6 Å². The minimum absolute atomic E-state index is 0.000488. The smallest absolute Gasteiger partial charge is 0.234 e. The third kappa shape index (κ3) is 6.27. The van der Waals surface area contributed by atoms with E-state index in [0.717, 1.165) is 23.2 Å². The molecule has 0 spiro atoms. The largest absolute Gasteiger partial charge is 0.387 e. The van der Waals surface area contributed by atoms with Crippen LogP contribution in [0.15, 0.2) is 18.2 Å². The fourth-order valence-corrected chi connectivity index (χ4v) is 2.43. The maximum Gasteiger partial charge on any atom is 0.234 e. The molecule has 118 valence electrons. The van der Waals surface area contributed by atoms with E-state index in [0.29, 0.717) is 13.1 Å². The highest BCUT2D eigenvalue weighted by atomic mass is 16.3. The van der Waals surface area contributed by atoms with Crippen LogP contribution in [0, 0.1) is 13.8 Å². The average molecular weight is 292 g/mol. The highest BCUT2D eigenvalue weighted by Gasteiger charge is 2.16. The number of hydrogen-bond acceptors (Lipinski definition) is 3. The van der Waals surface area contributed by atoms with Gasteiger partial charge in [-0.3, -0.25) is 9.69 Å². The first kappa shape index (κ1) is 17.7. The lowest BCUT2D eigenvalue weighted by atomic mass is 10.0. The van der Waals surface area contributed by atoms with Gasteiger partial charge < -0.3 is 10.4 Å². The van der Waals surface area contributed by atoms with Crippen molar-refractivity contribution in [1.29, 1.82) is 0 Å². The fraction of sp³-hybridized carbons (Fsp3) is 0.588. The molecule has 0 saturated carbocycles. The molecule has 1 atom stereocenters. The van der Waals surface area contributed by atoms with Gasteiger partial charge >= 0.3 is 0 Å². The highest BCUT2D eigenvalue weighted by Crippen LogP contribution is 2.18. The lowest BCUT2D eigenvalue weighted by Gasteiger charge is -2.24. The Labute approximate surface area is 128 Å². The van der Waals surface area contributed by atoms with Crippen molar-refractivity contribution in [3.8, 4) is 0 Å². The number of rotatable bonds is 7. The number of likely N-dealkylation sites (N-methyl/N-ethyl adjacent to an activating group) is 1. The monoisotopic (exact) mass is 292 g/mol. The third-order valence-electron chi connectivity index (χ3n) is 3.32. The van der Waals surface area contributed by atoms with Crippen molar-refractivity contribution in [1.82, 2.24) is 10.2 Å². The van der Waals surface area contributed by atoms with Crippen LogP contribution in [0.2, 0.25) is 0 Å². The Morgan fingerprint density at radius 1 is 1.24 bits per heavy atom. The molecule has 0 radical (unpaired) electrons. The van der Waals surface area contributed by atoms with Crippen LogP contribution >= 0.6 is 0 Å². The molecule has 0 aliphatic carbocycles. The number of aryl methyl sites for hydroxylation is 2. The molecule has 0 aliphatic heterocycles. The first-order valence-electron chi connectivity index (χ1n) is 7.59. The quantitative estimate of drug-likeness (QED) is 0.810. The van der Waals surface area contributed by atoms with Crippen LogP contribution in [0.4, 0.5) is 0 Å². The fourth-order valence-electron chi connectivity index (χ4n) is 2.43. The van der Waals surface area contributed by atoms with E-state index in [2.05, 4.69) is 11.4 Å². The van der Waals surface area contributed by atoms with Crippen molar-refractivity contribution in [3.63, 3.8) is 0 Å². The van der Waals surface area contributed by atoms with Crippen molar-refractivity contribution in [3.05, 3.63) is 34.9 Å². The van der Waals surface area contributed by atoms with E-state index < -0.39 is 6.10 Å². The van der Waals surface area contributed by atoms with Gasteiger partial charge in [0, 0.05) is 12.6 Å². The summed E-state index contributed by atoms with van der Waals surface area (Å²) in [6.07, 6.45) is -0.574. The number of hydrogen-bond donors (Lipinski definition) is 2. The van der Waals surface area contributed by atoms with Crippen molar-refractivity contribution >= 4 is 5.91 Å². The molecule has 1 amide bonds. The normalized spacial score (nSPS) is 12.8. The van der Waals surface area contributed by atoms with Gasteiger partial charge in [-0.05, 0) is 39.8 Å². The molecule has 1 unspecified atom stereocenters. The number of benzene rings is 1. The first-order valence-corrected chi connectivity index (χ1v) is 7.59. The second kappa shape index (κ2) is 8.15. The Balaban J connectivity index is 2.65. The van der Waals surface area contributed by atoms with Gasteiger partial charge in [0.1, 0.15) is 0 Å². The molecule has 1 rings (SSSR count). The Hall–Kier alpha value is -1.39. The number of amides is 1. The number of carbonyl (C=O) groups is 1. The summed E-state index contributed by atoms with van der Waals surface area (Å²) in [5.41, 5.74) is 3.20. The average Bonchev–Trinajstić information content (AvgIpc) is 2.35. The predicted octanol–water partition coefficient (Wildman–Crippen LogP) is 2.18. The lowest BCUT2D eigenvalue weighted by molar-refractivity contribution is -0.123. The zero-order valence-electron chi connectivity index (χ0n) is 13.8. The minimum atomic E-state index is -0.574. The van der Waals surface area contributed by atoms with Crippen LogP contribution in [0.1, 0.15) is 43.6 Å². The van der Waals surface area contributed by atoms with Gasteiger partial charge in [0.25, 0.3) is 0 Å². The molecule has 1 aromatic carbocycles. The summed E-state index contributed by atoms with van der Waals surface area (Å²) in [4.78, 5) is 13.8. The number of aliphatic hydroxyl groups excluding tert-OH is 1. The second-order valence-corrected chi connectivity index (χ2v) is 5.99. The van der Waals surface area contributed by atoms with E-state index in [1.165, 1.54) is 0 Å². The number of nitrogens with zero attached hydrogens (tertiary/aromatic N) is 1. The molecule has 21 heavy (non-hydrogen) atoms. The summed E-state index contributed by atoms with van der Waals surface area (Å²) in [5, 5.41) is 13.3. The molecule has 1 aromatic rings. The van der Waals surface area contributed by atoms with Gasteiger partial charge in [-0.15, -0.1) is 0 Å². The first-order chi connectivity index (χ1) is 9.81. The maximum atomic E-state index is 11.8. The summed E-state index contributed by atoms with van der Waals surface area (Å²) in [6.45, 7) is 11.4. The number of carbonyl (C=O) groups excluding carboxylic acids is 1. The molecule has 0 heterocycles. The van der Waals surface area contributed by atoms with Crippen molar-refractivity contribution in [2.24, 2.45) is 0 Å². The van der Waals surface area contributed by atoms with Crippen molar-refractivity contribution in [2.45, 2.75) is 46.8 Å². The Kier molecular flexibility index (Phi) is 6.85. The zero-order valence-corrected chi connectivity index (χ0v) is 13.8. The SMILES string of the molecule is CCN(CC(=O)NC(C)C)CC(O)c1cc(C)cc(C)c1. The van der Waals surface area contributed by atoms with Gasteiger partial charge in [-0.2, -0.15) is 0 Å². The van der Waals surface area contributed by atoms with E-state index in [4.69, 9.17) is 0 Å². The standard InChI is InChI=1S/C17H28N2O2/c1-6-19(11-17(21)18-12(2)3)10-16(20)15-8-13(4)7-14(5)9-15/h7-9,12,16,20H,6,10-11H2,1-5H3,(H,18,21). The summed E-state index contributed by atoms with van der Waals surface area (Å²) < 4.78 is 0. The second-order valence-electron chi connectivity index (χ2n) is 5.99. The van der Waals surface area contributed by atoms with Crippen LogP contribution < -0.4 is 5.32 Å². The molecule has 0 bridgehead atoms. The molecule has 0 saturated heterocycles. The van der Waals surface area contributed by atoms with Crippen LogP contribution in [-0.2, 0) is 4.79 Å². The van der Waals surface area contributed by atoms with Crippen LogP contribution in [0.5, 0.6) is 0 Å². The molecular weight excluding hydrogens is 264 g/mol. The topological polar surface area (TPSA) is 52.6 Å². The molecule has 0 aromatic heterocycles. The minimum Gasteiger partial charge on any atom is -0.387 e. The van der Waals surface area contributed by atoms with Gasteiger partial charge in [-0.25, -0.2) is 0 Å². The summed E-state index contributed by atoms with van der Waals surface area (Å²) >= 11 is 0. The molecule has 4 nitrogen and oxygen atoms in total. The molecule has 0 fully saturated rings. The summed E-state index contributed by atoms with van der Waals surface area (Å²) in [5.74, 6) is -0.000488. The van der Waals surface area contributed by atoms with E-state index in [9.17, 15) is 9.90 Å².